The third kappa shape index (κ3) is 5.82. The summed E-state index contributed by atoms with van der Waals surface area (Å²) in [5.74, 6) is 1.15. The lowest BCUT2D eigenvalue weighted by Gasteiger charge is -2.24. The fourth-order valence-electron chi connectivity index (χ4n) is 3.47. The Kier molecular flexibility index (Phi) is 8.01. The van der Waals surface area contributed by atoms with E-state index in [9.17, 15) is 4.79 Å². The number of aromatic nitrogens is 1. The highest BCUT2D eigenvalue weighted by Gasteiger charge is 2.19. The molecular formula is C25H29ClN2O3. The van der Waals surface area contributed by atoms with Crippen molar-refractivity contribution in [3.8, 4) is 11.5 Å². The predicted octanol–water partition coefficient (Wildman–Crippen LogP) is 5.65. The SMILES string of the molecule is CCCCN(Cc1cccn1Cc1ccccc1Cl)C(=O)c1cc(OC)cc(OC)c1. The largest absolute Gasteiger partial charge is 0.497 e. The van der Waals surface area contributed by atoms with E-state index in [0.29, 0.717) is 36.7 Å². The van der Waals surface area contributed by atoms with Crippen molar-refractivity contribution in [2.75, 3.05) is 20.8 Å². The molecule has 0 N–H and O–H groups in total. The Labute approximate surface area is 189 Å². The summed E-state index contributed by atoms with van der Waals surface area (Å²) in [6.45, 7) is 3.96. The minimum atomic E-state index is -0.0452. The molecule has 5 nitrogen and oxygen atoms in total. The maximum Gasteiger partial charge on any atom is 0.254 e. The van der Waals surface area contributed by atoms with Crippen molar-refractivity contribution in [3.63, 3.8) is 0 Å². The number of carbonyl (C=O) groups excluding carboxylic acids is 1. The fraction of sp³-hybridized carbons (Fsp3) is 0.320. The zero-order chi connectivity index (χ0) is 22.2. The molecule has 0 bridgehead atoms. The molecule has 0 aliphatic carbocycles. The van der Waals surface area contributed by atoms with Gasteiger partial charge in [-0.15, -0.1) is 0 Å². The number of nitrogens with zero attached hydrogens (tertiary/aromatic N) is 2. The van der Waals surface area contributed by atoms with Gasteiger partial charge >= 0.3 is 0 Å². The van der Waals surface area contributed by atoms with E-state index >= 15 is 0 Å². The van der Waals surface area contributed by atoms with E-state index in [2.05, 4.69) is 17.6 Å². The summed E-state index contributed by atoms with van der Waals surface area (Å²) in [4.78, 5) is 15.3. The van der Waals surface area contributed by atoms with Gasteiger partial charge in [-0.1, -0.05) is 43.1 Å². The van der Waals surface area contributed by atoms with Gasteiger partial charge in [-0.3, -0.25) is 4.79 Å². The van der Waals surface area contributed by atoms with Gasteiger partial charge < -0.3 is 18.9 Å². The summed E-state index contributed by atoms with van der Waals surface area (Å²) in [7, 11) is 3.17. The van der Waals surface area contributed by atoms with Crippen LogP contribution in [-0.4, -0.2) is 36.1 Å². The first-order valence-corrected chi connectivity index (χ1v) is 10.8. The fourth-order valence-corrected chi connectivity index (χ4v) is 3.66. The number of benzene rings is 2. The van der Waals surface area contributed by atoms with Crippen LogP contribution in [-0.2, 0) is 13.1 Å². The van der Waals surface area contributed by atoms with Gasteiger partial charge in [0.2, 0.25) is 0 Å². The second-order valence-electron chi connectivity index (χ2n) is 7.40. The smallest absolute Gasteiger partial charge is 0.254 e. The molecule has 0 spiro atoms. The van der Waals surface area contributed by atoms with Gasteiger partial charge in [-0.25, -0.2) is 0 Å². The number of ether oxygens (including phenoxy) is 2. The van der Waals surface area contributed by atoms with Crippen molar-refractivity contribution < 1.29 is 14.3 Å². The van der Waals surface area contributed by atoms with Crippen LogP contribution in [0, 0.1) is 0 Å². The molecule has 2 aromatic carbocycles. The molecule has 1 aromatic heterocycles. The van der Waals surface area contributed by atoms with Crippen LogP contribution >= 0.6 is 11.6 Å². The first-order chi connectivity index (χ1) is 15.0. The molecule has 0 aliphatic heterocycles. The molecule has 0 fully saturated rings. The predicted molar refractivity (Wildman–Crippen MR) is 124 cm³/mol. The molecule has 0 radical (unpaired) electrons. The standard InChI is InChI=1S/C25H29ClN2O3/c1-4-5-12-28(25(29)20-14-22(30-2)16-23(15-20)31-3)18-21-10-8-13-27(21)17-19-9-6-7-11-24(19)26/h6-11,13-16H,4-5,12,17-18H2,1-3H3. The summed E-state index contributed by atoms with van der Waals surface area (Å²) in [6, 6.07) is 17.2. The second kappa shape index (κ2) is 10.9. The van der Waals surface area contributed by atoms with Crippen molar-refractivity contribution in [2.45, 2.75) is 32.9 Å². The lowest BCUT2D eigenvalue weighted by Crippen LogP contribution is -2.32. The third-order valence-electron chi connectivity index (χ3n) is 5.24. The van der Waals surface area contributed by atoms with Gasteiger partial charge in [-0.05, 0) is 42.3 Å². The summed E-state index contributed by atoms with van der Waals surface area (Å²) in [5.41, 5.74) is 2.65. The normalized spacial score (nSPS) is 10.7. The molecule has 3 aromatic rings. The van der Waals surface area contributed by atoms with Crippen LogP contribution in [0.25, 0.3) is 0 Å². The number of unbranched alkanes of at least 4 members (excludes halogenated alkanes) is 1. The molecule has 0 atom stereocenters. The molecule has 1 amide bonds. The van der Waals surface area contributed by atoms with Gasteiger partial charge in [0.05, 0.1) is 20.8 Å². The van der Waals surface area contributed by atoms with Crippen molar-refractivity contribution in [3.05, 3.63) is 82.6 Å². The highest BCUT2D eigenvalue weighted by Crippen LogP contribution is 2.24. The Morgan fingerprint density at radius 1 is 1.03 bits per heavy atom. The summed E-state index contributed by atoms with van der Waals surface area (Å²) < 4.78 is 12.8. The minimum absolute atomic E-state index is 0.0452. The van der Waals surface area contributed by atoms with E-state index in [0.717, 1.165) is 29.1 Å². The van der Waals surface area contributed by atoms with E-state index < -0.39 is 0 Å². The van der Waals surface area contributed by atoms with Crippen LogP contribution in [0.2, 0.25) is 5.02 Å². The molecule has 164 valence electrons. The summed E-state index contributed by atoms with van der Waals surface area (Å²) in [5, 5.41) is 0.740. The zero-order valence-electron chi connectivity index (χ0n) is 18.3. The average molecular weight is 441 g/mol. The molecule has 3 rings (SSSR count). The van der Waals surface area contributed by atoms with Crippen molar-refractivity contribution >= 4 is 17.5 Å². The van der Waals surface area contributed by atoms with Gasteiger partial charge in [-0.2, -0.15) is 0 Å². The van der Waals surface area contributed by atoms with Crippen LogP contribution in [0.3, 0.4) is 0 Å². The Hall–Kier alpha value is -2.92. The number of rotatable bonds is 10. The second-order valence-corrected chi connectivity index (χ2v) is 7.81. The van der Waals surface area contributed by atoms with E-state index in [1.807, 2.05) is 41.4 Å². The lowest BCUT2D eigenvalue weighted by molar-refractivity contribution is 0.0736. The van der Waals surface area contributed by atoms with E-state index in [1.54, 1.807) is 32.4 Å². The Bertz CT molecular complexity index is 993. The Balaban J connectivity index is 1.85. The summed E-state index contributed by atoms with van der Waals surface area (Å²) in [6.07, 6.45) is 3.96. The quantitative estimate of drug-likeness (QED) is 0.409. The molecule has 0 unspecified atom stereocenters. The molecule has 0 saturated carbocycles. The van der Waals surface area contributed by atoms with Gasteiger partial charge in [0.1, 0.15) is 11.5 Å². The maximum absolute atomic E-state index is 13.4. The van der Waals surface area contributed by atoms with E-state index in [1.165, 1.54) is 0 Å². The number of carbonyl (C=O) groups is 1. The first-order valence-electron chi connectivity index (χ1n) is 10.5. The number of hydrogen-bond donors (Lipinski definition) is 0. The Morgan fingerprint density at radius 3 is 2.39 bits per heavy atom. The highest BCUT2D eigenvalue weighted by atomic mass is 35.5. The van der Waals surface area contributed by atoms with Gasteiger partial charge in [0.15, 0.2) is 0 Å². The van der Waals surface area contributed by atoms with Crippen LogP contribution in [0.1, 0.15) is 41.4 Å². The van der Waals surface area contributed by atoms with Crippen LogP contribution in [0.5, 0.6) is 11.5 Å². The number of amides is 1. The number of methoxy groups -OCH3 is 2. The maximum atomic E-state index is 13.4. The number of hydrogen-bond acceptors (Lipinski definition) is 3. The topological polar surface area (TPSA) is 43.7 Å². The minimum Gasteiger partial charge on any atom is -0.497 e. The lowest BCUT2D eigenvalue weighted by atomic mass is 10.1. The molecule has 0 aliphatic rings. The van der Waals surface area contributed by atoms with Crippen LogP contribution < -0.4 is 9.47 Å². The van der Waals surface area contributed by atoms with Crippen LogP contribution in [0.4, 0.5) is 0 Å². The van der Waals surface area contributed by atoms with E-state index in [4.69, 9.17) is 21.1 Å². The first kappa shape index (κ1) is 22.8. The van der Waals surface area contributed by atoms with Gasteiger partial charge in [0, 0.05) is 41.6 Å². The molecule has 0 saturated heterocycles. The van der Waals surface area contributed by atoms with Crippen molar-refractivity contribution in [2.24, 2.45) is 0 Å². The molecule has 31 heavy (non-hydrogen) atoms. The number of halogens is 1. The zero-order valence-corrected chi connectivity index (χ0v) is 19.1. The monoisotopic (exact) mass is 440 g/mol. The molecular weight excluding hydrogens is 412 g/mol. The summed E-state index contributed by atoms with van der Waals surface area (Å²) >= 11 is 6.35. The highest BCUT2D eigenvalue weighted by molar-refractivity contribution is 6.31. The van der Waals surface area contributed by atoms with Crippen molar-refractivity contribution in [1.29, 1.82) is 0 Å². The van der Waals surface area contributed by atoms with E-state index in [-0.39, 0.29) is 5.91 Å². The molecule has 1 heterocycles. The average Bonchev–Trinajstić information content (AvgIpc) is 3.23. The Morgan fingerprint density at radius 2 is 1.74 bits per heavy atom. The van der Waals surface area contributed by atoms with Crippen LogP contribution in [0.15, 0.2) is 60.8 Å². The third-order valence-corrected chi connectivity index (χ3v) is 5.61. The van der Waals surface area contributed by atoms with Crippen molar-refractivity contribution in [1.82, 2.24) is 9.47 Å². The molecule has 6 heteroatoms. The van der Waals surface area contributed by atoms with Gasteiger partial charge in [0.25, 0.3) is 5.91 Å².